The van der Waals surface area contributed by atoms with E-state index < -0.39 is 11.7 Å². The molecule has 1 aliphatic rings. The number of para-hydroxylation sites is 2. The third-order valence-electron chi connectivity index (χ3n) is 4.65. The fourth-order valence-electron chi connectivity index (χ4n) is 3.23. The van der Waals surface area contributed by atoms with Gasteiger partial charge in [0.25, 0.3) is 0 Å². The second-order valence-electron chi connectivity index (χ2n) is 8.52. The fourth-order valence-corrected chi connectivity index (χ4v) is 3.23. The zero-order valence-electron chi connectivity index (χ0n) is 18.1. The molecule has 30 heavy (non-hydrogen) atoms. The van der Waals surface area contributed by atoms with E-state index in [1.807, 2.05) is 6.08 Å². The molecule has 0 saturated heterocycles. The summed E-state index contributed by atoms with van der Waals surface area (Å²) >= 11 is 0. The van der Waals surface area contributed by atoms with E-state index in [1.165, 1.54) is 19.3 Å². The first kappa shape index (κ1) is 23.4. The van der Waals surface area contributed by atoms with Gasteiger partial charge >= 0.3 is 6.09 Å². The van der Waals surface area contributed by atoms with Gasteiger partial charge in [-0.15, -0.1) is 0 Å². The smallest absolute Gasteiger partial charge is 0.407 e. The SMILES string of the molecule is CC(C)(C)OC(=O)NCCC(=O)Nc1ccccc1NC(=O)/C=C/C1CCCCC1. The number of ether oxygens (including phenoxy) is 1. The van der Waals surface area contributed by atoms with Crippen molar-refractivity contribution in [2.45, 2.75) is 64.9 Å². The summed E-state index contributed by atoms with van der Waals surface area (Å²) in [5.41, 5.74) is 0.456. The first-order valence-corrected chi connectivity index (χ1v) is 10.6. The second-order valence-corrected chi connectivity index (χ2v) is 8.52. The number of benzene rings is 1. The van der Waals surface area contributed by atoms with Gasteiger partial charge in [-0.2, -0.15) is 0 Å². The average Bonchev–Trinajstić information content (AvgIpc) is 2.67. The highest BCUT2D eigenvalue weighted by molar-refractivity contribution is 6.03. The molecule has 0 aromatic heterocycles. The van der Waals surface area contributed by atoms with Crippen LogP contribution in [0.15, 0.2) is 36.4 Å². The molecule has 7 nitrogen and oxygen atoms in total. The lowest BCUT2D eigenvalue weighted by molar-refractivity contribution is -0.116. The van der Waals surface area contributed by atoms with E-state index in [9.17, 15) is 14.4 Å². The summed E-state index contributed by atoms with van der Waals surface area (Å²) in [6.45, 7) is 5.47. The number of allylic oxidation sites excluding steroid dienone is 1. The van der Waals surface area contributed by atoms with Crippen LogP contribution >= 0.6 is 0 Å². The fraction of sp³-hybridized carbons (Fsp3) is 0.522. The number of hydrogen-bond donors (Lipinski definition) is 3. The minimum Gasteiger partial charge on any atom is -0.444 e. The molecule has 164 valence electrons. The van der Waals surface area contributed by atoms with Crippen LogP contribution in [-0.4, -0.2) is 30.1 Å². The Morgan fingerprint density at radius 2 is 1.67 bits per heavy atom. The number of anilines is 2. The van der Waals surface area contributed by atoms with Crippen molar-refractivity contribution in [1.29, 1.82) is 0 Å². The Bertz CT molecular complexity index is 762. The summed E-state index contributed by atoms with van der Waals surface area (Å²) in [5.74, 6) is -0.0173. The van der Waals surface area contributed by atoms with Crippen molar-refractivity contribution in [3.05, 3.63) is 36.4 Å². The number of carbonyl (C=O) groups excluding carboxylic acids is 3. The van der Waals surface area contributed by atoms with Crippen molar-refractivity contribution < 1.29 is 19.1 Å². The van der Waals surface area contributed by atoms with Crippen molar-refractivity contribution in [3.8, 4) is 0 Å². The normalized spacial score (nSPS) is 14.9. The van der Waals surface area contributed by atoms with Gasteiger partial charge in [-0.3, -0.25) is 9.59 Å². The predicted molar refractivity (Wildman–Crippen MR) is 118 cm³/mol. The molecule has 0 unspecified atom stereocenters. The van der Waals surface area contributed by atoms with Crippen LogP contribution < -0.4 is 16.0 Å². The highest BCUT2D eigenvalue weighted by Crippen LogP contribution is 2.25. The molecule has 1 aliphatic carbocycles. The van der Waals surface area contributed by atoms with Gasteiger partial charge in [-0.25, -0.2) is 4.79 Å². The summed E-state index contributed by atoms with van der Waals surface area (Å²) in [7, 11) is 0. The summed E-state index contributed by atoms with van der Waals surface area (Å²) < 4.78 is 5.13. The molecule has 1 aromatic carbocycles. The van der Waals surface area contributed by atoms with E-state index in [2.05, 4.69) is 16.0 Å². The summed E-state index contributed by atoms with van der Waals surface area (Å²) in [5, 5.41) is 8.15. The van der Waals surface area contributed by atoms with Gasteiger partial charge < -0.3 is 20.7 Å². The van der Waals surface area contributed by atoms with E-state index in [4.69, 9.17) is 4.74 Å². The van der Waals surface area contributed by atoms with Crippen LogP contribution in [0, 0.1) is 5.92 Å². The van der Waals surface area contributed by atoms with Gasteiger partial charge in [-0.05, 0) is 57.7 Å². The van der Waals surface area contributed by atoms with Crippen LogP contribution in [0.2, 0.25) is 0 Å². The van der Waals surface area contributed by atoms with Crippen LogP contribution in [0.3, 0.4) is 0 Å². The van der Waals surface area contributed by atoms with Crippen molar-refractivity contribution in [1.82, 2.24) is 5.32 Å². The number of rotatable bonds is 7. The molecule has 0 atom stereocenters. The van der Waals surface area contributed by atoms with Crippen LogP contribution in [0.25, 0.3) is 0 Å². The lowest BCUT2D eigenvalue weighted by Crippen LogP contribution is -2.34. The molecular formula is C23H33N3O4. The highest BCUT2D eigenvalue weighted by Gasteiger charge is 2.16. The van der Waals surface area contributed by atoms with Crippen LogP contribution in [0.5, 0.6) is 0 Å². The minimum atomic E-state index is -0.588. The maximum Gasteiger partial charge on any atom is 0.407 e. The van der Waals surface area contributed by atoms with E-state index in [0.29, 0.717) is 17.3 Å². The molecular weight excluding hydrogens is 382 g/mol. The Labute approximate surface area is 178 Å². The van der Waals surface area contributed by atoms with E-state index in [1.54, 1.807) is 51.1 Å². The van der Waals surface area contributed by atoms with E-state index in [-0.39, 0.29) is 24.8 Å². The average molecular weight is 416 g/mol. The largest absolute Gasteiger partial charge is 0.444 e. The molecule has 3 amide bonds. The Morgan fingerprint density at radius 1 is 1.03 bits per heavy atom. The zero-order chi connectivity index (χ0) is 22.0. The molecule has 3 N–H and O–H groups in total. The number of nitrogens with one attached hydrogen (secondary N) is 3. The lowest BCUT2D eigenvalue weighted by Gasteiger charge is -2.19. The summed E-state index contributed by atoms with van der Waals surface area (Å²) in [6.07, 6.45) is 9.06. The van der Waals surface area contributed by atoms with Gasteiger partial charge in [0, 0.05) is 13.0 Å². The molecule has 0 heterocycles. The monoisotopic (exact) mass is 415 g/mol. The molecule has 1 saturated carbocycles. The highest BCUT2D eigenvalue weighted by atomic mass is 16.6. The Balaban J connectivity index is 1.82. The van der Waals surface area contributed by atoms with E-state index >= 15 is 0 Å². The van der Waals surface area contributed by atoms with Gasteiger partial charge in [0.05, 0.1) is 11.4 Å². The molecule has 7 heteroatoms. The topological polar surface area (TPSA) is 96.5 Å². The summed E-state index contributed by atoms with van der Waals surface area (Å²) in [6, 6.07) is 7.03. The lowest BCUT2D eigenvalue weighted by atomic mass is 9.89. The third-order valence-corrected chi connectivity index (χ3v) is 4.65. The van der Waals surface area contributed by atoms with Gasteiger partial charge in [0.2, 0.25) is 11.8 Å². The van der Waals surface area contributed by atoms with Gasteiger partial charge in [0.15, 0.2) is 0 Å². The van der Waals surface area contributed by atoms with Crippen molar-refractivity contribution in [3.63, 3.8) is 0 Å². The second kappa shape index (κ2) is 11.4. The Hall–Kier alpha value is -2.83. The molecule has 1 fully saturated rings. The number of carbonyl (C=O) groups is 3. The molecule has 1 aromatic rings. The van der Waals surface area contributed by atoms with Crippen molar-refractivity contribution >= 4 is 29.3 Å². The maximum atomic E-state index is 12.3. The number of hydrogen-bond acceptors (Lipinski definition) is 4. The first-order valence-electron chi connectivity index (χ1n) is 10.6. The molecule has 0 bridgehead atoms. The quantitative estimate of drug-likeness (QED) is 0.566. The van der Waals surface area contributed by atoms with Crippen LogP contribution in [0.4, 0.5) is 16.2 Å². The first-order chi connectivity index (χ1) is 14.2. The van der Waals surface area contributed by atoms with E-state index in [0.717, 1.165) is 12.8 Å². The minimum absolute atomic E-state index is 0.0864. The Kier molecular flexibility index (Phi) is 8.89. The third kappa shape index (κ3) is 9.11. The molecule has 2 rings (SSSR count). The molecule has 0 spiro atoms. The number of alkyl carbamates (subject to hydrolysis) is 1. The molecule has 0 aliphatic heterocycles. The summed E-state index contributed by atoms with van der Waals surface area (Å²) in [4.78, 5) is 36.1. The molecule has 0 radical (unpaired) electrons. The van der Waals surface area contributed by atoms with Gasteiger partial charge in [-0.1, -0.05) is 37.5 Å². The van der Waals surface area contributed by atoms with Crippen molar-refractivity contribution in [2.75, 3.05) is 17.2 Å². The Morgan fingerprint density at radius 3 is 2.30 bits per heavy atom. The van der Waals surface area contributed by atoms with Crippen LogP contribution in [0.1, 0.15) is 59.3 Å². The standard InChI is InChI=1S/C23H33N3O4/c1-23(2,3)30-22(29)24-16-15-21(28)26-19-12-8-7-11-18(19)25-20(27)14-13-17-9-5-4-6-10-17/h7-8,11-14,17H,4-6,9-10,15-16H2,1-3H3,(H,24,29)(H,25,27)(H,26,28)/b14-13+. The number of amides is 3. The van der Waals surface area contributed by atoms with Crippen molar-refractivity contribution in [2.24, 2.45) is 5.92 Å². The predicted octanol–water partition coefficient (Wildman–Crippen LogP) is 4.61. The zero-order valence-corrected chi connectivity index (χ0v) is 18.1. The van der Waals surface area contributed by atoms with Gasteiger partial charge in [0.1, 0.15) is 5.60 Å². The maximum absolute atomic E-state index is 12.3. The van der Waals surface area contributed by atoms with Crippen LogP contribution in [-0.2, 0) is 14.3 Å².